The number of rotatable bonds is 1. The second-order valence-corrected chi connectivity index (χ2v) is 3.18. The van der Waals surface area contributed by atoms with Crippen molar-refractivity contribution in [1.82, 2.24) is 15.2 Å². The molecule has 0 saturated heterocycles. The molecule has 5 nitrogen and oxygen atoms in total. The molecule has 0 bridgehead atoms. The maximum atomic E-state index is 11.5. The zero-order chi connectivity index (χ0) is 10.1. The molecule has 6 heteroatoms. The molecular formula is C8H7N3O2S. The van der Waals surface area contributed by atoms with E-state index in [4.69, 9.17) is 16.6 Å². The number of nitrogens with zero attached hydrogens (tertiary/aromatic N) is 1. The fraction of sp³-hybridized carbons (Fsp3) is 0.125. The molecule has 0 atom stereocenters. The highest BCUT2D eigenvalue weighted by Gasteiger charge is 2.07. The number of H-pyrrole nitrogens is 2. The van der Waals surface area contributed by atoms with Gasteiger partial charge in [-0.05, 0) is 19.1 Å². The molecule has 0 aliphatic rings. The van der Waals surface area contributed by atoms with E-state index in [0.29, 0.717) is 5.56 Å². The van der Waals surface area contributed by atoms with Crippen LogP contribution in [0.5, 0.6) is 0 Å². The van der Waals surface area contributed by atoms with Gasteiger partial charge in [-0.2, -0.15) is 0 Å². The van der Waals surface area contributed by atoms with E-state index in [2.05, 4.69) is 15.2 Å². The van der Waals surface area contributed by atoms with Crippen LogP contribution in [0.15, 0.2) is 21.5 Å². The molecule has 72 valence electrons. The molecule has 2 aromatic heterocycles. The molecule has 0 fully saturated rings. The first-order chi connectivity index (χ1) is 6.66. The van der Waals surface area contributed by atoms with Crippen LogP contribution in [-0.2, 0) is 0 Å². The van der Waals surface area contributed by atoms with Crippen LogP contribution in [0.2, 0.25) is 0 Å². The molecule has 0 amide bonds. The standard InChI is InChI=1S/C8H7N3O2S/c1-4-2-6(12)5(3-9-4)7-10-11-8(14)13-7/h2-3H,1H3,(H,9,12)(H,11,14). The van der Waals surface area contributed by atoms with Crippen molar-refractivity contribution in [3.63, 3.8) is 0 Å². The second kappa shape index (κ2) is 3.22. The fourth-order valence-corrected chi connectivity index (χ4v) is 1.21. The largest absolute Gasteiger partial charge is 0.409 e. The Morgan fingerprint density at radius 1 is 1.57 bits per heavy atom. The van der Waals surface area contributed by atoms with Gasteiger partial charge in [0.05, 0.1) is 0 Å². The van der Waals surface area contributed by atoms with E-state index in [-0.39, 0.29) is 16.2 Å². The summed E-state index contributed by atoms with van der Waals surface area (Å²) in [6, 6.07) is 1.47. The minimum absolute atomic E-state index is 0.147. The van der Waals surface area contributed by atoms with Gasteiger partial charge in [0.1, 0.15) is 5.56 Å². The van der Waals surface area contributed by atoms with Gasteiger partial charge in [-0.1, -0.05) is 0 Å². The Bertz CT molecular complexity index is 566. The van der Waals surface area contributed by atoms with Gasteiger partial charge < -0.3 is 9.40 Å². The summed E-state index contributed by atoms with van der Waals surface area (Å²) in [5.74, 6) is 0.205. The highest BCUT2D eigenvalue weighted by Crippen LogP contribution is 2.10. The zero-order valence-corrected chi connectivity index (χ0v) is 8.14. The first-order valence-corrected chi connectivity index (χ1v) is 4.33. The van der Waals surface area contributed by atoms with Gasteiger partial charge in [0.2, 0.25) is 0 Å². The number of hydrogen-bond acceptors (Lipinski definition) is 4. The van der Waals surface area contributed by atoms with Gasteiger partial charge in [0, 0.05) is 18.0 Å². The Morgan fingerprint density at radius 2 is 2.36 bits per heavy atom. The van der Waals surface area contributed by atoms with E-state index in [1.54, 1.807) is 13.1 Å². The summed E-state index contributed by atoms with van der Waals surface area (Å²) in [7, 11) is 0. The van der Waals surface area contributed by atoms with E-state index in [1.165, 1.54) is 6.07 Å². The van der Waals surface area contributed by atoms with Crippen molar-refractivity contribution >= 4 is 12.2 Å². The highest BCUT2D eigenvalue weighted by atomic mass is 32.1. The quantitative estimate of drug-likeness (QED) is 0.696. The Kier molecular flexibility index (Phi) is 2.05. The monoisotopic (exact) mass is 209 g/mol. The topological polar surface area (TPSA) is 74.7 Å². The molecule has 0 aliphatic heterocycles. The summed E-state index contributed by atoms with van der Waals surface area (Å²) < 4.78 is 5.02. The van der Waals surface area contributed by atoms with E-state index in [1.807, 2.05) is 0 Å². The minimum atomic E-state index is -0.147. The Labute approximate surface area is 83.8 Å². The number of hydrogen-bond donors (Lipinski definition) is 2. The Hall–Kier alpha value is -1.69. The predicted octanol–water partition coefficient (Wildman–Crippen LogP) is 1.40. The number of aryl methyl sites for hydroxylation is 1. The molecule has 0 spiro atoms. The smallest absolute Gasteiger partial charge is 0.284 e. The summed E-state index contributed by atoms with van der Waals surface area (Å²) in [5, 5.41) is 6.21. The molecule has 2 heterocycles. The highest BCUT2D eigenvalue weighted by molar-refractivity contribution is 7.71. The lowest BCUT2D eigenvalue weighted by molar-refractivity contribution is 0.551. The average Bonchev–Trinajstić information content (AvgIpc) is 2.51. The van der Waals surface area contributed by atoms with Crippen LogP contribution in [0.1, 0.15) is 5.69 Å². The van der Waals surface area contributed by atoms with Crippen molar-refractivity contribution < 1.29 is 4.42 Å². The van der Waals surface area contributed by atoms with Crippen LogP contribution in [-0.4, -0.2) is 15.2 Å². The van der Waals surface area contributed by atoms with Gasteiger partial charge in [0.25, 0.3) is 10.7 Å². The van der Waals surface area contributed by atoms with Crippen LogP contribution in [0.25, 0.3) is 11.5 Å². The Balaban J connectivity index is 2.63. The lowest BCUT2D eigenvalue weighted by atomic mass is 10.2. The van der Waals surface area contributed by atoms with Crippen molar-refractivity contribution in [2.24, 2.45) is 0 Å². The fourth-order valence-electron chi connectivity index (χ4n) is 1.09. The molecule has 0 unspecified atom stereocenters. The van der Waals surface area contributed by atoms with Crippen LogP contribution < -0.4 is 5.43 Å². The molecule has 0 aliphatic carbocycles. The molecular weight excluding hydrogens is 202 g/mol. The summed E-state index contributed by atoms with van der Waals surface area (Å²) in [6.45, 7) is 1.80. The third-order valence-electron chi connectivity index (χ3n) is 1.73. The molecule has 0 radical (unpaired) electrons. The van der Waals surface area contributed by atoms with Gasteiger partial charge in [0.15, 0.2) is 5.43 Å². The lowest BCUT2D eigenvalue weighted by Gasteiger charge is -1.94. The van der Waals surface area contributed by atoms with Gasteiger partial charge in [-0.25, -0.2) is 5.10 Å². The normalized spacial score (nSPS) is 10.4. The maximum Gasteiger partial charge on any atom is 0.284 e. The maximum absolute atomic E-state index is 11.5. The zero-order valence-electron chi connectivity index (χ0n) is 7.33. The van der Waals surface area contributed by atoms with Crippen molar-refractivity contribution in [2.45, 2.75) is 6.92 Å². The predicted molar refractivity (Wildman–Crippen MR) is 52.5 cm³/mol. The Morgan fingerprint density at radius 3 is 2.93 bits per heavy atom. The molecule has 0 saturated carbocycles. The van der Waals surface area contributed by atoms with Gasteiger partial charge in [-0.3, -0.25) is 4.79 Å². The summed E-state index contributed by atoms with van der Waals surface area (Å²) in [6.07, 6.45) is 1.55. The number of aromatic nitrogens is 3. The van der Waals surface area contributed by atoms with E-state index >= 15 is 0 Å². The van der Waals surface area contributed by atoms with Crippen LogP contribution in [0, 0.1) is 11.8 Å². The number of aromatic amines is 2. The van der Waals surface area contributed by atoms with Crippen LogP contribution in [0.3, 0.4) is 0 Å². The van der Waals surface area contributed by atoms with E-state index in [9.17, 15) is 4.79 Å². The first-order valence-electron chi connectivity index (χ1n) is 3.92. The SMILES string of the molecule is Cc1cc(=O)c(-c2n[nH]c(=S)o2)c[nH]1. The van der Waals surface area contributed by atoms with Crippen molar-refractivity contribution in [3.05, 3.63) is 33.0 Å². The first kappa shape index (κ1) is 8.89. The number of nitrogens with one attached hydrogen (secondary N) is 2. The van der Waals surface area contributed by atoms with Crippen LogP contribution >= 0.6 is 12.2 Å². The van der Waals surface area contributed by atoms with Crippen molar-refractivity contribution in [2.75, 3.05) is 0 Å². The van der Waals surface area contributed by atoms with Crippen LogP contribution in [0.4, 0.5) is 0 Å². The third-order valence-corrected chi connectivity index (χ3v) is 1.90. The third kappa shape index (κ3) is 1.51. The van der Waals surface area contributed by atoms with Crippen molar-refractivity contribution in [1.29, 1.82) is 0 Å². The van der Waals surface area contributed by atoms with E-state index in [0.717, 1.165) is 5.69 Å². The molecule has 2 N–H and O–H groups in total. The molecule has 2 aromatic rings. The van der Waals surface area contributed by atoms with Crippen molar-refractivity contribution in [3.8, 4) is 11.5 Å². The van der Waals surface area contributed by atoms with Gasteiger partial charge >= 0.3 is 0 Å². The summed E-state index contributed by atoms with van der Waals surface area (Å²) in [5.41, 5.74) is 1.00. The van der Waals surface area contributed by atoms with Gasteiger partial charge in [-0.15, -0.1) is 5.10 Å². The lowest BCUT2D eigenvalue weighted by Crippen LogP contribution is -2.05. The minimum Gasteiger partial charge on any atom is -0.409 e. The van der Waals surface area contributed by atoms with E-state index < -0.39 is 0 Å². The molecule has 0 aromatic carbocycles. The molecule has 2 rings (SSSR count). The molecule has 14 heavy (non-hydrogen) atoms. The second-order valence-electron chi connectivity index (χ2n) is 2.81. The summed E-state index contributed by atoms with van der Waals surface area (Å²) in [4.78, 5) is 14.5. The average molecular weight is 209 g/mol. The summed E-state index contributed by atoms with van der Waals surface area (Å²) >= 11 is 4.70. The number of pyridine rings is 1.